The fourth-order valence-electron chi connectivity index (χ4n) is 1.77. The lowest BCUT2D eigenvalue weighted by atomic mass is 10.2. The molecule has 3 N–H and O–H groups in total. The molecule has 0 radical (unpaired) electrons. The first-order chi connectivity index (χ1) is 9.67. The molecule has 0 spiro atoms. The summed E-state index contributed by atoms with van der Waals surface area (Å²) in [5, 5.41) is 3.15. The highest BCUT2D eigenvalue weighted by Gasteiger charge is 2.02. The van der Waals surface area contributed by atoms with Crippen LogP contribution in [0.15, 0.2) is 24.4 Å². The molecule has 2 aromatic rings. The molecule has 0 bridgehead atoms. The number of aromatic nitrogens is 3. The molecule has 0 unspecified atom stereocenters. The van der Waals surface area contributed by atoms with Crippen LogP contribution in [0.25, 0.3) is 0 Å². The Balaban J connectivity index is 1.99. The minimum absolute atomic E-state index is 0.516. The summed E-state index contributed by atoms with van der Waals surface area (Å²) in [6, 6.07) is 5.55. The fraction of sp³-hybridized carbons (Fsp3) is 0.357. The maximum Gasteiger partial charge on any atom is 0.226 e. The number of ether oxygens (including phenoxy) is 1. The average molecular weight is 273 g/mol. The second kappa shape index (κ2) is 6.70. The van der Waals surface area contributed by atoms with Gasteiger partial charge in [0.05, 0.1) is 6.61 Å². The van der Waals surface area contributed by atoms with Crippen molar-refractivity contribution in [3.8, 4) is 5.88 Å². The van der Waals surface area contributed by atoms with Crippen molar-refractivity contribution < 1.29 is 4.74 Å². The van der Waals surface area contributed by atoms with Crippen molar-refractivity contribution in [1.82, 2.24) is 15.0 Å². The zero-order valence-electron chi connectivity index (χ0n) is 11.8. The van der Waals surface area contributed by atoms with Crippen molar-refractivity contribution in [2.45, 2.75) is 26.8 Å². The zero-order valence-corrected chi connectivity index (χ0v) is 11.8. The molecule has 0 aliphatic rings. The van der Waals surface area contributed by atoms with Crippen LogP contribution in [0.4, 0.5) is 11.8 Å². The van der Waals surface area contributed by atoms with E-state index >= 15 is 0 Å². The lowest BCUT2D eigenvalue weighted by Gasteiger charge is -2.08. The number of pyridine rings is 1. The van der Waals surface area contributed by atoms with E-state index in [1.807, 2.05) is 19.1 Å². The van der Waals surface area contributed by atoms with Crippen LogP contribution >= 0.6 is 0 Å². The Hall–Kier alpha value is -2.37. The van der Waals surface area contributed by atoms with E-state index in [0.29, 0.717) is 30.8 Å². The molecule has 2 rings (SSSR count). The van der Waals surface area contributed by atoms with E-state index in [4.69, 9.17) is 10.5 Å². The Morgan fingerprint density at radius 2 is 2.15 bits per heavy atom. The second-order valence-electron chi connectivity index (χ2n) is 4.46. The molecule has 6 nitrogen and oxygen atoms in total. The van der Waals surface area contributed by atoms with Gasteiger partial charge in [0.25, 0.3) is 0 Å². The van der Waals surface area contributed by atoms with Gasteiger partial charge < -0.3 is 15.8 Å². The molecule has 20 heavy (non-hydrogen) atoms. The van der Waals surface area contributed by atoms with Crippen molar-refractivity contribution in [1.29, 1.82) is 0 Å². The number of nitrogens with zero attached hydrogens (tertiary/aromatic N) is 3. The largest absolute Gasteiger partial charge is 0.478 e. The molecular weight excluding hydrogens is 254 g/mol. The molecule has 0 fully saturated rings. The van der Waals surface area contributed by atoms with Crippen molar-refractivity contribution in [3.05, 3.63) is 35.7 Å². The minimum Gasteiger partial charge on any atom is -0.478 e. The third kappa shape index (κ3) is 4.08. The van der Waals surface area contributed by atoms with Crippen LogP contribution in [0.2, 0.25) is 0 Å². The highest BCUT2D eigenvalue weighted by Crippen LogP contribution is 2.11. The molecule has 2 aromatic heterocycles. The van der Waals surface area contributed by atoms with Crippen molar-refractivity contribution in [2.24, 2.45) is 0 Å². The first kappa shape index (κ1) is 14.0. The van der Waals surface area contributed by atoms with Gasteiger partial charge in [-0.15, -0.1) is 0 Å². The fourth-order valence-corrected chi connectivity index (χ4v) is 1.77. The molecule has 0 amide bonds. The number of nitrogen functional groups attached to an aromatic ring is 1. The predicted octanol–water partition coefficient (Wildman–Crippen LogP) is 2.16. The normalized spacial score (nSPS) is 10.3. The summed E-state index contributed by atoms with van der Waals surface area (Å²) in [7, 11) is 0. The number of hydrogen-bond acceptors (Lipinski definition) is 6. The van der Waals surface area contributed by atoms with Crippen LogP contribution in [0, 0.1) is 6.92 Å². The molecule has 0 aliphatic heterocycles. The average Bonchev–Trinajstić information content (AvgIpc) is 2.42. The van der Waals surface area contributed by atoms with Crippen LogP contribution in [0.3, 0.4) is 0 Å². The summed E-state index contributed by atoms with van der Waals surface area (Å²) >= 11 is 0. The molecule has 0 saturated carbocycles. The summed E-state index contributed by atoms with van der Waals surface area (Å²) in [5.74, 6) is 1.63. The monoisotopic (exact) mass is 273 g/mol. The van der Waals surface area contributed by atoms with Crippen LogP contribution in [0.1, 0.15) is 24.6 Å². The molecular formula is C14H19N5O. The van der Waals surface area contributed by atoms with Gasteiger partial charge in [-0.25, -0.2) is 9.97 Å². The summed E-state index contributed by atoms with van der Waals surface area (Å²) in [5.41, 5.74) is 7.65. The van der Waals surface area contributed by atoms with E-state index in [0.717, 1.165) is 17.7 Å². The molecule has 0 aromatic carbocycles. The first-order valence-corrected chi connectivity index (χ1v) is 6.60. The van der Waals surface area contributed by atoms with Gasteiger partial charge in [-0.2, -0.15) is 4.98 Å². The smallest absolute Gasteiger partial charge is 0.226 e. The van der Waals surface area contributed by atoms with E-state index in [-0.39, 0.29) is 0 Å². The molecule has 6 heteroatoms. The summed E-state index contributed by atoms with van der Waals surface area (Å²) in [4.78, 5) is 12.6. The van der Waals surface area contributed by atoms with E-state index in [1.165, 1.54) is 0 Å². The maximum absolute atomic E-state index is 5.72. The topological polar surface area (TPSA) is 86.0 Å². The van der Waals surface area contributed by atoms with Crippen LogP contribution < -0.4 is 15.8 Å². The Morgan fingerprint density at radius 3 is 2.90 bits per heavy atom. The summed E-state index contributed by atoms with van der Waals surface area (Å²) in [6.45, 7) is 5.20. The second-order valence-corrected chi connectivity index (χ2v) is 4.46. The van der Waals surface area contributed by atoms with E-state index in [9.17, 15) is 0 Å². The quantitative estimate of drug-likeness (QED) is 0.838. The van der Waals surface area contributed by atoms with Gasteiger partial charge in [0, 0.05) is 24.5 Å². The number of nitrogens with two attached hydrogens (primary N) is 1. The number of nitrogens with one attached hydrogen (secondary N) is 1. The van der Waals surface area contributed by atoms with Crippen molar-refractivity contribution in [2.75, 3.05) is 17.7 Å². The van der Waals surface area contributed by atoms with Gasteiger partial charge in [-0.3, -0.25) is 0 Å². The van der Waals surface area contributed by atoms with Crippen LogP contribution in [0.5, 0.6) is 5.88 Å². The maximum atomic E-state index is 5.72. The lowest BCUT2D eigenvalue weighted by molar-refractivity contribution is 0.305. The third-order valence-electron chi connectivity index (χ3n) is 2.57. The number of anilines is 2. The van der Waals surface area contributed by atoms with Gasteiger partial charge in [0.2, 0.25) is 11.8 Å². The Labute approximate surface area is 118 Å². The molecule has 0 atom stereocenters. The van der Waals surface area contributed by atoms with E-state index in [2.05, 4.69) is 27.2 Å². The first-order valence-electron chi connectivity index (χ1n) is 6.60. The van der Waals surface area contributed by atoms with Gasteiger partial charge in [0.1, 0.15) is 5.82 Å². The van der Waals surface area contributed by atoms with Gasteiger partial charge in [0.15, 0.2) is 0 Å². The lowest BCUT2D eigenvalue weighted by Crippen LogP contribution is -2.06. The van der Waals surface area contributed by atoms with Gasteiger partial charge >= 0.3 is 0 Å². The summed E-state index contributed by atoms with van der Waals surface area (Å²) in [6.07, 6.45) is 2.62. The standard InChI is InChI=1S/C14H19N5O/c1-3-6-20-13-4-5-16-14(19-13)17-9-11-7-10(2)18-12(15)8-11/h4-5,7-8H,3,6,9H2,1-2H3,(H2,15,18)(H,16,17,19). The van der Waals surface area contributed by atoms with Crippen molar-refractivity contribution in [3.63, 3.8) is 0 Å². The van der Waals surface area contributed by atoms with Crippen LogP contribution in [-0.4, -0.2) is 21.6 Å². The van der Waals surface area contributed by atoms with Gasteiger partial charge in [-0.1, -0.05) is 6.92 Å². The SMILES string of the molecule is CCCOc1ccnc(NCc2cc(C)nc(N)c2)n1. The van der Waals surface area contributed by atoms with Crippen molar-refractivity contribution >= 4 is 11.8 Å². The molecule has 0 saturated heterocycles. The Morgan fingerprint density at radius 1 is 1.30 bits per heavy atom. The molecule has 106 valence electrons. The highest BCUT2D eigenvalue weighted by atomic mass is 16.5. The Bertz CT molecular complexity index is 553. The minimum atomic E-state index is 0.516. The van der Waals surface area contributed by atoms with Crippen LogP contribution in [-0.2, 0) is 6.54 Å². The number of rotatable bonds is 6. The van der Waals surface area contributed by atoms with Gasteiger partial charge in [-0.05, 0) is 31.0 Å². The number of hydrogen-bond donors (Lipinski definition) is 2. The van der Waals surface area contributed by atoms with E-state index in [1.54, 1.807) is 12.3 Å². The Kier molecular flexibility index (Phi) is 4.70. The molecule has 0 aliphatic carbocycles. The predicted molar refractivity (Wildman–Crippen MR) is 78.5 cm³/mol. The number of aryl methyl sites for hydroxylation is 1. The third-order valence-corrected chi connectivity index (χ3v) is 2.57. The van der Waals surface area contributed by atoms with E-state index < -0.39 is 0 Å². The highest BCUT2D eigenvalue weighted by molar-refractivity contribution is 5.37. The molecule has 2 heterocycles. The summed E-state index contributed by atoms with van der Waals surface area (Å²) < 4.78 is 5.46. The zero-order chi connectivity index (χ0) is 14.4.